The first-order valence-electron chi connectivity index (χ1n) is 7.24. The first kappa shape index (κ1) is 16.4. The lowest BCUT2D eigenvalue weighted by atomic mass is 10.2. The van der Waals surface area contributed by atoms with Crippen LogP contribution in [0.2, 0.25) is 0 Å². The van der Waals surface area contributed by atoms with Crippen molar-refractivity contribution >= 4 is 23.2 Å². The Morgan fingerprint density at radius 2 is 1.56 bits per heavy atom. The minimum Gasteiger partial charge on any atom is -0.459 e. The second-order valence-electron chi connectivity index (χ2n) is 5.09. The Bertz CT molecular complexity index is 924. The molecule has 2 aromatic carbocycles. The van der Waals surface area contributed by atoms with Crippen LogP contribution in [0.5, 0.6) is 0 Å². The van der Waals surface area contributed by atoms with E-state index in [4.69, 9.17) is 4.42 Å². The molecule has 1 heterocycles. The van der Waals surface area contributed by atoms with E-state index in [0.717, 1.165) is 18.2 Å². The molecule has 7 heteroatoms. The summed E-state index contributed by atoms with van der Waals surface area (Å²) in [5.74, 6) is -2.67. The predicted molar refractivity (Wildman–Crippen MR) is 87.4 cm³/mol. The second-order valence-corrected chi connectivity index (χ2v) is 5.09. The summed E-state index contributed by atoms with van der Waals surface area (Å²) >= 11 is 0. The van der Waals surface area contributed by atoms with Crippen LogP contribution in [0.15, 0.2) is 65.3 Å². The maximum absolute atomic E-state index is 13.6. The molecule has 0 fully saturated rings. The van der Waals surface area contributed by atoms with Crippen molar-refractivity contribution in [3.05, 3.63) is 83.8 Å². The van der Waals surface area contributed by atoms with Gasteiger partial charge < -0.3 is 15.1 Å². The van der Waals surface area contributed by atoms with Gasteiger partial charge in [0.1, 0.15) is 11.6 Å². The minimum atomic E-state index is -0.832. The number of carbonyl (C=O) groups excluding carboxylic acids is 2. The topological polar surface area (TPSA) is 71.3 Å². The molecule has 3 rings (SSSR count). The fourth-order valence-corrected chi connectivity index (χ4v) is 2.15. The zero-order valence-corrected chi connectivity index (χ0v) is 12.8. The Morgan fingerprint density at radius 3 is 2.24 bits per heavy atom. The normalized spacial score (nSPS) is 10.3. The van der Waals surface area contributed by atoms with Gasteiger partial charge in [0.2, 0.25) is 0 Å². The highest BCUT2D eigenvalue weighted by Crippen LogP contribution is 2.18. The van der Waals surface area contributed by atoms with Crippen LogP contribution in [0.1, 0.15) is 20.9 Å². The lowest BCUT2D eigenvalue weighted by Gasteiger charge is -2.09. The van der Waals surface area contributed by atoms with E-state index in [-0.39, 0.29) is 5.76 Å². The van der Waals surface area contributed by atoms with Gasteiger partial charge in [0.25, 0.3) is 11.8 Å². The van der Waals surface area contributed by atoms with E-state index in [2.05, 4.69) is 10.6 Å². The molecule has 2 N–H and O–H groups in total. The maximum Gasteiger partial charge on any atom is 0.291 e. The predicted octanol–water partition coefficient (Wildman–Crippen LogP) is 4.06. The molecule has 1 aromatic heterocycles. The molecule has 0 spiro atoms. The number of hydrogen-bond acceptors (Lipinski definition) is 3. The highest BCUT2D eigenvalue weighted by molar-refractivity contribution is 6.05. The van der Waals surface area contributed by atoms with E-state index in [0.29, 0.717) is 11.4 Å². The number of carbonyl (C=O) groups is 2. The van der Waals surface area contributed by atoms with E-state index >= 15 is 0 Å². The molecule has 0 saturated carbocycles. The number of amides is 2. The van der Waals surface area contributed by atoms with Gasteiger partial charge in [0, 0.05) is 11.4 Å². The molecule has 126 valence electrons. The molecule has 0 aliphatic carbocycles. The van der Waals surface area contributed by atoms with E-state index in [9.17, 15) is 18.4 Å². The number of rotatable bonds is 4. The zero-order valence-electron chi connectivity index (χ0n) is 12.8. The van der Waals surface area contributed by atoms with Crippen LogP contribution in [0.25, 0.3) is 0 Å². The first-order chi connectivity index (χ1) is 12.0. The molecule has 0 bridgehead atoms. The molecule has 25 heavy (non-hydrogen) atoms. The zero-order chi connectivity index (χ0) is 17.8. The summed E-state index contributed by atoms with van der Waals surface area (Å²) in [7, 11) is 0. The standard InChI is InChI=1S/C18H12F2N2O3/c19-11-6-7-15(20)14(9-11)17(23)21-12-3-1-4-13(10-12)22-18(24)16-5-2-8-25-16/h1-10H,(H,21,23)(H,22,24). The van der Waals surface area contributed by atoms with Crippen molar-refractivity contribution in [1.29, 1.82) is 0 Å². The number of furan rings is 1. The fourth-order valence-electron chi connectivity index (χ4n) is 2.15. The van der Waals surface area contributed by atoms with Gasteiger partial charge in [-0.2, -0.15) is 0 Å². The van der Waals surface area contributed by atoms with Crippen molar-refractivity contribution in [2.75, 3.05) is 10.6 Å². The summed E-state index contributed by atoms with van der Waals surface area (Å²) in [6, 6.07) is 11.9. The average Bonchev–Trinajstić information content (AvgIpc) is 3.12. The van der Waals surface area contributed by atoms with Gasteiger partial charge in [-0.25, -0.2) is 8.78 Å². The Balaban J connectivity index is 1.74. The molecule has 0 aliphatic rings. The minimum absolute atomic E-state index is 0.135. The molecule has 5 nitrogen and oxygen atoms in total. The second kappa shape index (κ2) is 6.96. The summed E-state index contributed by atoms with van der Waals surface area (Å²) in [5.41, 5.74) is 0.301. The van der Waals surface area contributed by atoms with Gasteiger partial charge in [0.05, 0.1) is 11.8 Å². The number of hydrogen-bond donors (Lipinski definition) is 2. The van der Waals surface area contributed by atoms with Crippen molar-refractivity contribution in [3.63, 3.8) is 0 Å². The monoisotopic (exact) mass is 342 g/mol. The summed E-state index contributed by atoms with van der Waals surface area (Å²) in [6.45, 7) is 0. The Labute approximate surface area is 141 Å². The number of benzene rings is 2. The van der Waals surface area contributed by atoms with Crippen molar-refractivity contribution in [1.82, 2.24) is 0 Å². The maximum atomic E-state index is 13.6. The van der Waals surface area contributed by atoms with Crippen LogP contribution in [-0.2, 0) is 0 Å². The molecule has 0 saturated heterocycles. The van der Waals surface area contributed by atoms with E-state index in [1.807, 2.05) is 0 Å². The van der Waals surface area contributed by atoms with E-state index in [1.165, 1.54) is 18.4 Å². The molecule has 2 amide bonds. The third kappa shape index (κ3) is 3.89. The third-order valence-electron chi connectivity index (χ3n) is 3.30. The molecule has 0 aliphatic heterocycles. The van der Waals surface area contributed by atoms with Crippen molar-refractivity contribution in [2.45, 2.75) is 0 Å². The Kier molecular flexibility index (Phi) is 4.56. The lowest BCUT2D eigenvalue weighted by Crippen LogP contribution is -2.15. The van der Waals surface area contributed by atoms with Gasteiger partial charge in [-0.15, -0.1) is 0 Å². The summed E-state index contributed by atoms with van der Waals surface area (Å²) in [5, 5.41) is 5.05. The number of nitrogens with one attached hydrogen (secondary N) is 2. The van der Waals surface area contributed by atoms with Gasteiger partial charge in [-0.1, -0.05) is 6.07 Å². The average molecular weight is 342 g/mol. The number of halogens is 2. The molecular weight excluding hydrogens is 330 g/mol. The first-order valence-corrected chi connectivity index (χ1v) is 7.24. The largest absolute Gasteiger partial charge is 0.459 e. The third-order valence-corrected chi connectivity index (χ3v) is 3.30. The van der Waals surface area contributed by atoms with Crippen molar-refractivity contribution in [3.8, 4) is 0 Å². The Hall–Kier alpha value is -3.48. The summed E-state index contributed by atoms with van der Waals surface area (Å²) < 4.78 is 31.8. The van der Waals surface area contributed by atoms with Crippen LogP contribution < -0.4 is 10.6 Å². The molecule has 0 atom stereocenters. The van der Waals surface area contributed by atoms with Crippen LogP contribution in [0.4, 0.5) is 20.2 Å². The molecule has 0 radical (unpaired) electrons. The smallest absolute Gasteiger partial charge is 0.291 e. The van der Waals surface area contributed by atoms with Crippen LogP contribution in [0.3, 0.4) is 0 Å². The molecule has 0 unspecified atom stereocenters. The SMILES string of the molecule is O=C(Nc1cccc(NC(=O)c2cc(F)ccc2F)c1)c1ccco1. The van der Waals surface area contributed by atoms with Gasteiger partial charge >= 0.3 is 0 Å². The van der Waals surface area contributed by atoms with Crippen LogP contribution >= 0.6 is 0 Å². The van der Waals surface area contributed by atoms with Crippen molar-refractivity contribution < 1.29 is 22.8 Å². The molecule has 3 aromatic rings. The van der Waals surface area contributed by atoms with Gasteiger partial charge in [-0.05, 0) is 48.5 Å². The van der Waals surface area contributed by atoms with Crippen molar-refractivity contribution in [2.24, 2.45) is 0 Å². The lowest BCUT2D eigenvalue weighted by molar-refractivity contribution is 0.0994. The molecular formula is C18H12F2N2O3. The van der Waals surface area contributed by atoms with Crippen LogP contribution in [0, 0.1) is 11.6 Å². The Morgan fingerprint density at radius 1 is 0.840 bits per heavy atom. The van der Waals surface area contributed by atoms with Crippen LogP contribution in [-0.4, -0.2) is 11.8 Å². The highest BCUT2D eigenvalue weighted by Gasteiger charge is 2.14. The fraction of sp³-hybridized carbons (Fsp3) is 0. The van der Waals surface area contributed by atoms with E-state index < -0.39 is 29.0 Å². The van der Waals surface area contributed by atoms with Gasteiger partial charge in [0.15, 0.2) is 5.76 Å². The van der Waals surface area contributed by atoms with Gasteiger partial charge in [-0.3, -0.25) is 9.59 Å². The quantitative estimate of drug-likeness (QED) is 0.751. The summed E-state index contributed by atoms with van der Waals surface area (Å²) in [6.07, 6.45) is 1.37. The van der Waals surface area contributed by atoms with E-state index in [1.54, 1.807) is 24.3 Å². The number of anilines is 2. The highest BCUT2D eigenvalue weighted by atomic mass is 19.1. The summed E-state index contributed by atoms with van der Waals surface area (Å²) in [4.78, 5) is 24.0.